The number of hydrogen-bond donors (Lipinski definition) is 0. The third kappa shape index (κ3) is 9.00. The maximum atomic E-state index is 12.2. The Hall–Kier alpha value is -3.64. The molecule has 0 radical (unpaired) electrons. The van der Waals surface area contributed by atoms with Crippen molar-refractivity contribution in [3.8, 4) is 0 Å². The molecule has 0 spiro atoms. The van der Waals surface area contributed by atoms with Crippen molar-refractivity contribution in [3.63, 3.8) is 0 Å². The first-order valence-corrected chi connectivity index (χ1v) is 16.6. The van der Waals surface area contributed by atoms with Crippen LogP contribution in [0.5, 0.6) is 0 Å². The van der Waals surface area contributed by atoms with Gasteiger partial charge < -0.3 is 4.74 Å². The second kappa shape index (κ2) is 17.9. The Morgan fingerprint density at radius 1 is 0.848 bits per heavy atom. The smallest absolute Gasteiger partial charge is 0.137 e. The van der Waals surface area contributed by atoms with Crippen LogP contribution >= 0.6 is 0 Å². The van der Waals surface area contributed by atoms with Crippen LogP contribution in [0, 0.1) is 11.8 Å². The lowest BCUT2D eigenvalue weighted by molar-refractivity contribution is -0.192. The molecule has 246 valence electrons. The van der Waals surface area contributed by atoms with Gasteiger partial charge in [0.2, 0.25) is 0 Å². The number of ketones is 2. The quantitative estimate of drug-likeness (QED) is 0.178. The first-order chi connectivity index (χ1) is 22.1. The van der Waals surface area contributed by atoms with Gasteiger partial charge in [0.25, 0.3) is 0 Å². The summed E-state index contributed by atoms with van der Waals surface area (Å²) in [5, 5.41) is 0. The fraction of sp³-hybridized carbons (Fsp3) is 0.415. The topological polar surface area (TPSA) is 49.9 Å². The fourth-order valence-electron chi connectivity index (χ4n) is 6.84. The van der Waals surface area contributed by atoms with Crippen LogP contribution in [-0.4, -0.2) is 46.3 Å². The molecule has 5 heteroatoms. The van der Waals surface area contributed by atoms with E-state index in [1.807, 2.05) is 68.5 Å². The van der Waals surface area contributed by atoms with E-state index in [1.54, 1.807) is 13.8 Å². The zero-order chi connectivity index (χ0) is 33.8. The highest BCUT2D eigenvalue weighted by Crippen LogP contribution is 2.38. The Balaban J connectivity index is 0.000000251. The number of carbonyl (C=O) groups is 2. The zero-order valence-corrected chi connectivity index (χ0v) is 28.9. The second-order valence-corrected chi connectivity index (χ2v) is 12.4. The van der Waals surface area contributed by atoms with Gasteiger partial charge in [0, 0.05) is 36.6 Å². The van der Waals surface area contributed by atoms with E-state index in [-0.39, 0.29) is 59.9 Å². The van der Waals surface area contributed by atoms with E-state index >= 15 is 0 Å². The number of rotatable bonds is 13. The van der Waals surface area contributed by atoms with E-state index in [0.717, 1.165) is 13.0 Å². The number of carbonyl (C=O) groups excluding carboxylic acids is 2. The third-order valence-corrected chi connectivity index (χ3v) is 9.44. The van der Waals surface area contributed by atoms with Crippen LogP contribution in [0.2, 0.25) is 0 Å². The average Bonchev–Trinajstić information content (AvgIpc) is 3.08. The number of ether oxygens (including phenoxy) is 1. The summed E-state index contributed by atoms with van der Waals surface area (Å²) in [6.45, 7) is 22.5. The molecule has 5 nitrogen and oxygen atoms in total. The van der Waals surface area contributed by atoms with Crippen LogP contribution < -0.4 is 0 Å². The Morgan fingerprint density at radius 3 is 1.78 bits per heavy atom. The Labute approximate surface area is 278 Å². The van der Waals surface area contributed by atoms with Crippen LogP contribution in [0.15, 0.2) is 116 Å². The lowest BCUT2D eigenvalue weighted by Crippen LogP contribution is -2.58. The normalized spacial score (nSPS) is 22.4. The number of hydrogen-bond acceptors (Lipinski definition) is 5. The first kappa shape index (κ1) is 36.8. The van der Waals surface area contributed by atoms with E-state index < -0.39 is 0 Å². The summed E-state index contributed by atoms with van der Waals surface area (Å²) in [5.41, 5.74) is 3.65. The first-order valence-electron chi connectivity index (χ1n) is 16.6. The van der Waals surface area contributed by atoms with Gasteiger partial charge in [-0.2, -0.15) is 0 Å². The summed E-state index contributed by atoms with van der Waals surface area (Å²) >= 11 is 0. The van der Waals surface area contributed by atoms with Crippen molar-refractivity contribution in [2.24, 2.45) is 11.8 Å². The molecule has 0 aromatic heterocycles. The van der Waals surface area contributed by atoms with E-state index in [4.69, 9.17) is 4.74 Å². The van der Waals surface area contributed by atoms with Crippen molar-refractivity contribution >= 4 is 11.6 Å². The van der Waals surface area contributed by atoms with Gasteiger partial charge in [0.1, 0.15) is 17.8 Å². The lowest BCUT2D eigenvalue weighted by Gasteiger charge is -2.50. The second-order valence-electron chi connectivity index (χ2n) is 12.4. The van der Waals surface area contributed by atoms with Gasteiger partial charge >= 0.3 is 0 Å². The van der Waals surface area contributed by atoms with E-state index in [2.05, 4.69) is 92.3 Å². The van der Waals surface area contributed by atoms with E-state index in [0.29, 0.717) is 0 Å². The molecule has 5 unspecified atom stereocenters. The van der Waals surface area contributed by atoms with Gasteiger partial charge in [-0.25, -0.2) is 0 Å². The van der Waals surface area contributed by atoms with Crippen LogP contribution in [-0.2, 0) is 14.3 Å². The van der Waals surface area contributed by atoms with Crippen molar-refractivity contribution in [3.05, 3.63) is 133 Å². The minimum absolute atomic E-state index is 0.00130. The summed E-state index contributed by atoms with van der Waals surface area (Å²) < 4.78 is 6.15. The molecule has 1 heterocycles. The average molecular weight is 623 g/mol. The molecule has 0 amide bonds. The van der Waals surface area contributed by atoms with Crippen molar-refractivity contribution in [2.45, 2.75) is 91.4 Å². The van der Waals surface area contributed by atoms with E-state index in [1.165, 1.54) is 16.7 Å². The maximum absolute atomic E-state index is 12.2. The Kier molecular flexibility index (Phi) is 14.3. The van der Waals surface area contributed by atoms with E-state index in [9.17, 15) is 9.59 Å². The minimum Gasteiger partial charge on any atom is -0.359 e. The molecule has 0 bridgehead atoms. The SMILES string of the molecule is C=CC1C(C(C)=O)C(C)OC(CC)N1[C@H](C)c1ccccc1.C=CCN(C(c1ccccc1)[C@H](C)C(C)=O)[C@H](C)c1ccccc1. The molecule has 3 aromatic rings. The molecule has 4 rings (SSSR count). The largest absolute Gasteiger partial charge is 0.359 e. The number of benzene rings is 3. The summed E-state index contributed by atoms with van der Waals surface area (Å²) in [6, 6.07) is 31.5. The van der Waals surface area contributed by atoms with Crippen molar-refractivity contribution in [1.29, 1.82) is 0 Å². The van der Waals surface area contributed by atoms with Gasteiger partial charge in [-0.3, -0.25) is 19.4 Å². The summed E-state index contributed by atoms with van der Waals surface area (Å²) in [4.78, 5) is 29.0. The zero-order valence-electron chi connectivity index (χ0n) is 28.9. The minimum atomic E-state index is -0.161. The fourth-order valence-corrected chi connectivity index (χ4v) is 6.84. The standard InChI is InChI=1S/C22H27NO.C19H27NO2/c1-5-16-23(18(3)20-12-8-6-9-13-20)22(17(2)19(4)24)21-14-10-7-11-15-21;1-6-17-19(14(4)21)15(5)22-18(7-2)20(17)13(3)16-11-9-8-10-12-16/h5-15,17-18,22H,1,16H2,2-4H3;6,8-13,15,17-19H,1,7H2,2-5H3/t17-,18-,22?;13-,15?,17?,18?,19?/m11/s1. The summed E-state index contributed by atoms with van der Waals surface area (Å²) in [6.07, 6.45) is 4.64. The molecule has 1 aliphatic rings. The maximum Gasteiger partial charge on any atom is 0.137 e. The predicted octanol–water partition coefficient (Wildman–Crippen LogP) is 9.17. The number of nitrogens with zero attached hydrogens (tertiary/aromatic N) is 2. The molecule has 46 heavy (non-hydrogen) atoms. The van der Waals surface area contributed by atoms with Gasteiger partial charge in [-0.1, -0.05) is 117 Å². The highest BCUT2D eigenvalue weighted by Gasteiger charge is 2.44. The lowest BCUT2D eigenvalue weighted by atomic mass is 9.86. The van der Waals surface area contributed by atoms with Crippen LogP contribution in [0.3, 0.4) is 0 Å². The summed E-state index contributed by atoms with van der Waals surface area (Å²) in [7, 11) is 0. The monoisotopic (exact) mass is 622 g/mol. The van der Waals surface area contributed by atoms with Gasteiger partial charge in [-0.05, 0) is 57.7 Å². The highest BCUT2D eigenvalue weighted by molar-refractivity contribution is 5.80. The molecule has 1 aliphatic heterocycles. The Morgan fingerprint density at radius 2 is 1.35 bits per heavy atom. The summed E-state index contributed by atoms with van der Waals surface area (Å²) in [5.74, 6) is 0.125. The number of Topliss-reactive ketones (excluding diaryl/α,β-unsaturated/α-hetero) is 2. The van der Waals surface area contributed by atoms with Crippen molar-refractivity contribution < 1.29 is 14.3 Å². The molecule has 0 aliphatic carbocycles. The molecular weight excluding hydrogens is 568 g/mol. The molecule has 3 aromatic carbocycles. The van der Waals surface area contributed by atoms with Crippen molar-refractivity contribution in [1.82, 2.24) is 9.80 Å². The van der Waals surface area contributed by atoms with Crippen LogP contribution in [0.1, 0.15) is 89.7 Å². The van der Waals surface area contributed by atoms with Gasteiger partial charge in [0.15, 0.2) is 0 Å². The highest BCUT2D eigenvalue weighted by atomic mass is 16.5. The predicted molar refractivity (Wildman–Crippen MR) is 190 cm³/mol. The van der Waals surface area contributed by atoms with Crippen LogP contribution in [0.25, 0.3) is 0 Å². The molecular formula is C41H54N2O3. The molecule has 1 fully saturated rings. The third-order valence-electron chi connectivity index (χ3n) is 9.44. The van der Waals surface area contributed by atoms with Crippen molar-refractivity contribution in [2.75, 3.05) is 6.54 Å². The Bertz CT molecular complexity index is 1380. The molecule has 0 saturated carbocycles. The van der Waals surface area contributed by atoms with Gasteiger partial charge in [0.05, 0.1) is 12.0 Å². The molecule has 8 atom stereocenters. The molecule has 0 N–H and O–H groups in total. The molecule has 1 saturated heterocycles. The van der Waals surface area contributed by atoms with Gasteiger partial charge in [-0.15, -0.1) is 13.2 Å². The van der Waals surface area contributed by atoms with Crippen LogP contribution in [0.4, 0.5) is 0 Å².